The molecule has 0 saturated carbocycles. The zero-order chi connectivity index (χ0) is 40.7. The SMILES string of the molecule is c1ccc(-c2ccc(-n3c4ccccc4c4c5c6ccccc6n(-c6cccc(-c7ccc8c(c7)-c7ccccc7-c7ccccc7-c7ccccc7-8)c6)c5ccc43)cc2)cc1. The summed E-state index contributed by atoms with van der Waals surface area (Å²) in [4.78, 5) is 0. The molecule has 0 atom stereocenters. The lowest BCUT2D eigenvalue weighted by Gasteiger charge is -2.23. The second kappa shape index (κ2) is 13.7. The largest absolute Gasteiger partial charge is 0.309 e. The van der Waals surface area contributed by atoms with Crippen LogP contribution >= 0.6 is 0 Å². The van der Waals surface area contributed by atoms with Crippen molar-refractivity contribution >= 4 is 43.6 Å². The molecule has 0 radical (unpaired) electrons. The van der Waals surface area contributed by atoms with Gasteiger partial charge in [0.1, 0.15) is 0 Å². The zero-order valence-electron chi connectivity index (χ0n) is 33.8. The summed E-state index contributed by atoms with van der Waals surface area (Å²) in [5.41, 5.74) is 21.9. The van der Waals surface area contributed by atoms with Gasteiger partial charge < -0.3 is 9.13 Å². The first kappa shape index (κ1) is 34.6. The van der Waals surface area contributed by atoms with Crippen molar-refractivity contribution in [2.24, 2.45) is 0 Å². The molecule has 0 saturated heterocycles. The summed E-state index contributed by atoms with van der Waals surface area (Å²) < 4.78 is 4.89. The Kier molecular flexibility index (Phi) is 7.64. The summed E-state index contributed by atoms with van der Waals surface area (Å²) in [6.07, 6.45) is 0. The molecule has 10 aromatic carbocycles. The number of hydrogen-bond acceptors (Lipinski definition) is 0. The van der Waals surface area contributed by atoms with Crippen molar-refractivity contribution in [3.05, 3.63) is 231 Å². The van der Waals surface area contributed by atoms with Gasteiger partial charge in [0.25, 0.3) is 0 Å². The summed E-state index contributed by atoms with van der Waals surface area (Å²) in [6.45, 7) is 0. The van der Waals surface area contributed by atoms with Crippen LogP contribution in [0.1, 0.15) is 0 Å². The lowest BCUT2D eigenvalue weighted by Crippen LogP contribution is -1.97. The van der Waals surface area contributed by atoms with Gasteiger partial charge in [-0.2, -0.15) is 0 Å². The number of rotatable bonds is 4. The third-order valence-corrected chi connectivity index (χ3v) is 13.1. The minimum Gasteiger partial charge on any atom is -0.309 e. The first-order valence-corrected chi connectivity index (χ1v) is 21.4. The highest BCUT2D eigenvalue weighted by molar-refractivity contribution is 6.29. The summed E-state index contributed by atoms with van der Waals surface area (Å²) in [5.74, 6) is 0. The summed E-state index contributed by atoms with van der Waals surface area (Å²) in [7, 11) is 0. The molecule has 1 aliphatic rings. The highest BCUT2D eigenvalue weighted by Crippen LogP contribution is 2.49. The van der Waals surface area contributed by atoms with Gasteiger partial charge in [-0.15, -0.1) is 0 Å². The van der Waals surface area contributed by atoms with Crippen molar-refractivity contribution in [3.8, 4) is 78.1 Å². The van der Waals surface area contributed by atoms with Crippen LogP contribution in [0.25, 0.3) is 122 Å². The lowest BCUT2D eigenvalue weighted by atomic mass is 9.80. The number of nitrogens with zero attached hydrogens (tertiary/aromatic N) is 2. The van der Waals surface area contributed by atoms with Crippen LogP contribution in [-0.2, 0) is 0 Å². The van der Waals surface area contributed by atoms with Crippen molar-refractivity contribution in [1.82, 2.24) is 9.13 Å². The van der Waals surface area contributed by atoms with Crippen LogP contribution in [0.15, 0.2) is 231 Å². The normalized spacial score (nSPS) is 11.9. The topological polar surface area (TPSA) is 9.86 Å². The lowest BCUT2D eigenvalue weighted by molar-refractivity contribution is 1.17. The van der Waals surface area contributed by atoms with Crippen LogP contribution in [0, 0.1) is 0 Å². The van der Waals surface area contributed by atoms with Crippen molar-refractivity contribution in [2.75, 3.05) is 0 Å². The van der Waals surface area contributed by atoms with Crippen LogP contribution in [0.3, 0.4) is 0 Å². The van der Waals surface area contributed by atoms with Gasteiger partial charge >= 0.3 is 0 Å². The maximum atomic E-state index is 2.46. The summed E-state index contributed by atoms with van der Waals surface area (Å²) in [5, 5.41) is 5.05. The maximum absolute atomic E-state index is 2.46. The second-order valence-electron chi connectivity index (χ2n) is 16.4. The molecule has 12 aromatic rings. The monoisotopic (exact) mass is 786 g/mol. The Hall–Kier alpha value is -8.20. The number of aromatic nitrogens is 2. The smallest absolute Gasteiger partial charge is 0.0548 e. The molecular formula is C60H38N2. The molecule has 13 rings (SSSR count). The fourth-order valence-corrected chi connectivity index (χ4v) is 10.4. The quantitative estimate of drug-likeness (QED) is 0.168. The van der Waals surface area contributed by atoms with Crippen LogP contribution in [0.4, 0.5) is 0 Å². The van der Waals surface area contributed by atoms with E-state index in [1.165, 1.54) is 110 Å². The first-order chi connectivity index (χ1) is 30.8. The number of para-hydroxylation sites is 2. The predicted octanol–water partition coefficient (Wildman–Crippen LogP) is 16.2. The number of hydrogen-bond donors (Lipinski definition) is 0. The molecule has 2 heteroatoms. The van der Waals surface area contributed by atoms with Gasteiger partial charge in [-0.05, 0) is 121 Å². The van der Waals surface area contributed by atoms with Gasteiger partial charge in [-0.1, -0.05) is 176 Å². The average molecular weight is 787 g/mol. The molecule has 2 aromatic heterocycles. The van der Waals surface area contributed by atoms with Crippen molar-refractivity contribution in [1.29, 1.82) is 0 Å². The maximum Gasteiger partial charge on any atom is 0.0548 e. The molecule has 0 N–H and O–H groups in total. The molecule has 0 spiro atoms. The van der Waals surface area contributed by atoms with E-state index in [2.05, 4.69) is 240 Å². The fourth-order valence-electron chi connectivity index (χ4n) is 10.4. The minimum absolute atomic E-state index is 1.14. The molecule has 0 aliphatic heterocycles. The fraction of sp³-hybridized carbons (Fsp3) is 0. The average Bonchev–Trinajstić information content (AvgIpc) is 3.87. The number of fused-ring (bicyclic) bond motifs is 15. The molecular weight excluding hydrogens is 749 g/mol. The van der Waals surface area contributed by atoms with E-state index in [0.29, 0.717) is 0 Å². The standard InChI is InChI=1S/C60H38N2/c1-2-15-39(16-3-1)40-29-32-43(33-30-40)61-55-27-12-10-25-52(55)59-57(61)35-36-58-60(59)53-26-11-13-28-56(53)62(58)44-18-14-17-41(37-44)42-31-34-51-49-23-7-6-21-47(49)45-19-4-5-20-46(45)48-22-8-9-24-50(48)54(51)38-42/h1-38H. The predicted molar refractivity (Wildman–Crippen MR) is 261 cm³/mol. The van der Waals surface area contributed by atoms with Crippen LogP contribution in [0.5, 0.6) is 0 Å². The van der Waals surface area contributed by atoms with Gasteiger partial charge in [0, 0.05) is 32.9 Å². The van der Waals surface area contributed by atoms with E-state index in [-0.39, 0.29) is 0 Å². The van der Waals surface area contributed by atoms with Gasteiger partial charge in [0.15, 0.2) is 0 Å². The Morgan fingerprint density at radius 3 is 1.18 bits per heavy atom. The van der Waals surface area contributed by atoms with Crippen molar-refractivity contribution in [3.63, 3.8) is 0 Å². The van der Waals surface area contributed by atoms with E-state index in [1.54, 1.807) is 0 Å². The minimum atomic E-state index is 1.14. The van der Waals surface area contributed by atoms with Crippen LogP contribution < -0.4 is 0 Å². The van der Waals surface area contributed by atoms with E-state index < -0.39 is 0 Å². The molecule has 2 nitrogen and oxygen atoms in total. The Balaban J connectivity index is 0.992. The highest BCUT2D eigenvalue weighted by Gasteiger charge is 2.23. The van der Waals surface area contributed by atoms with Crippen molar-refractivity contribution in [2.45, 2.75) is 0 Å². The second-order valence-corrected chi connectivity index (χ2v) is 16.4. The molecule has 288 valence electrons. The Bertz CT molecular complexity index is 3730. The zero-order valence-corrected chi connectivity index (χ0v) is 33.8. The molecule has 0 amide bonds. The molecule has 1 aliphatic carbocycles. The van der Waals surface area contributed by atoms with Crippen LogP contribution in [-0.4, -0.2) is 9.13 Å². The molecule has 62 heavy (non-hydrogen) atoms. The third kappa shape index (κ3) is 5.17. The summed E-state index contributed by atoms with van der Waals surface area (Å²) in [6, 6.07) is 84.8. The van der Waals surface area contributed by atoms with Gasteiger partial charge in [-0.3, -0.25) is 0 Å². The third-order valence-electron chi connectivity index (χ3n) is 13.1. The Morgan fingerprint density at radius 2 is 0.613 bits per heavy atom. The first-order valence-electron chi connectivity index (χ1n) is 21.4. The summed E-state index contributed by atoms with van der Waals surface area (Å²) >= 11 is 0. The van der Waals surface area contributed by atoms with E-state index in [9.17, 15) is 0 Å². The highest BCUT2D eigenvalue weighted by atomic mass is 15.0. The Labute approximate surface area is 359 Å². The van der Waals surface area contributed by atoms with Crippen molar-refractivity contribution < 1.29 is 0 Å². The van der Waals surface area contributed by atoms with Gasteiger partial charge in [0.05, 0.1) is 22.1 Å². The van der Waals surface area contributed by atoms with E-state index in [1.807, 2.05) is 0 Å². The molecule has 0 unspecified atom stereocenters. The molecule has 2 heterocycles. The van der Waals surface area contributed by atoms with E-state index in [0.717, 1.165) is 11.4 Å². The van der Waals surface area contributed by atoms with E-state index >= 15 is 0 Å². The molecule has 0 fully saturated rings. The molecule has 0 bridgehead atoms. The van der Waals surface area contributed by atoms with Crippen LogP contribution in [0.2, 0.25) is 0 Å². The Morgan fingerprint density at radius 1 is 0.210 bits per heavy atom. The van der Waals surface area contributed by atoms with Gasteiger partial charge in [-0.25, -0.2) is 0 Å². The van der Waals surface area contributed by atoms with E-state index in [4.69, 9.17) is 0 Å². The number of benzene rings is 10. The van der Waals surface area contributed by atoms with Gasteiger partial charge in [0.2, 0.25) is 0 Å².